The van der Waals surface area contributed by atoms with E-state index in [0.29, 0.717) is 6.10 Å². The van der Waals surface area contributed by atoms with E-state index in [1.54, 1.807) is 0 Å². The summed E-state index contributed by atoms with van der Waals surface area (Å²) in [5.74, 6) is 1.37. The van der Waals surface area contributed by atoms with Crippen LogP contribution in [0.1, 0.15) is 38.5 Å². The van der Waals surface area contributed by atoms with Gasteiger partial charge < -0.3 is 4.74 Å². The zero-order chi connectivity index (χ0) is 8.23. The van der Waals surface area contributed by atoms with Crippen molar-refractivity contribution in [3.63, 3.8) is 0 Å². The topological polar surface area (TPSA) is 9.23 Å². The molecule has 0 aliphatic carbocycles. The Labute approximate surface area is 79.2 Å². The van der Waals surface area contributed by atoms with Gasteiger partial charge in [-0.15, -0.1) is 0 Å². The van der Waals surface area contributed by atoms with Crippen LogP contribution in [0, 0.1) is 0 Å². The van der Waals surface area contributed by atoms with Gasteiger partial charge in [0.25, 0.3) is 0 Å². The number of ether oxygens (including phenoxy) is 1. The molecule has 2 saturated heterocycles. The molecule has 0 aromatic carbocycles. The van der Waals surface area contributed by atoms with Crippen LogP contribution in [0.4, 0.5) is 0 Å². The van der Waals surface area contributed by atoms with Crippen molar-refractivity contribution in [2.24, 2.45) is 0 Å². The fraction of sp³-hybridized carbons (Fsp3) is 1.00. The van der Waals surface area contributed by atoms with Crippen molar-refractivity contribution in [1.82, 2.24) is 0 Å². The van der Waals surface area contributed by atoms with Gasteiger partial charge >= 0.3 is 0 Å². The summed E-state index contributed by atoms with van der Waals surface area (Å²) in [6.07, 6.45) is 8.85. The van der Waals surface area contributed by atoms with Crippen LogP contribution in [-0.2, 0) is 4.74 Å². The highest BCUT2D eigenvalue weighted by Gasteiger charge is 2.26. The van der Waals surface area contributed by atoms with Gasteiger partial charge in [-0.1, -0.05) is 6.42 Å². The van der Waals surface area contributed by atoms with E-state index in [0.717, 1.165) is 11.9 Å². The second-order valence-electron chi connectivity index (χ2n) is 3.81. The maximum Gasteiger partial charge on any atom is 0.0693 e. The molecule has 1 nitrogen and oxygen atoms in total. The smallest absolute Gasteiger partial charge is 0.0693 e. The molecule has 2 atom stereocenters. The van der Waals surface area contributed by atoms with Gasteiger partial charge in [-0.25, -0.2) is 0 Å². The van der Waals surface area contributed by atoms with Gasteiger partial charge in [-0.3, -0.25) is 0 Å². The predicted molar refractivity (Wildman–Crippen MR) is 53.7 cm³/mol. The molecule has 2 aliphatic rings. The fourth-order valence-corrected chi connectivity index (χ4v) is 3.55. The van der Waals surface area contributed by atoms with E-state index in [4.69, 9.17) is 4.74 Å². The Kier molecular flexibility index (Phi) is 3.35. The fourth-order valence-electron chi connectivity index (χ4n) is 2.12. The second kappa shape index (κ2) is 4.52. The minimum Gasteiger partial charge on any atom is -0.377 e. The molecule has 2 unspecified atom stereocenters. The van der Waals surface area contributed by atoms with Crippen molar-refractivity contribution in [1.29, 1.82) is 0 Å². The number of hydrogen-bond donors (Lipinski definition) is 0. The molecule has 2 heterocycles. The van der Waals surface area contributed by atoms with Gasteiger partial charge in [-0.05, 0) is 37.9 Å². The molecule has 2 heteroatoms. The first kappa shape index (κ1) is 8.89. The van der Waals surface area contributed by atoms with Crippen LogP contribution in [-0.4, -0.2) is 23.7 Å². The van der Waals surface area contributed by atoms with Crippen molar-refractivity contribution in [3.05, 3.63) is 0 Å². The number of rotatable bonds is 1. The molecule has 0 amide bonds. The summed E-state index contributed by atoms with van der Waals surface area (Å²) in [4.78, 5) is 0. The van der Waals surface area contributed by atoms with Crippen LogP contribution in [0.5, 0.6) is 0 Å². The van der Waals surface area contributed by atoms with E-state index in [-0.39, 0.29) is 0 Å². The summed E-state index contributed by atoms with van der Waals surface area (Å²) in [5, 5.41) is 0.832. The van der Waals surface area contributed by atoms with Crippen molar-refractivity contribution in [2.75, 3.05) is 12.4 Å². The lowest BCUT2D eigenvalue weighted by Crippen LogP contribution is -2.31. The van der Waals surface area contributed by atoms with E-state index < -0.39 is 0 Å². The molecular formula is C10H18OS. The van der Waals surface area contributed by atoms with E-state index >= 15 is 0 Å². The molecule has 0 spiro atoms. The van der Waals surface area contributed by atoms with E-state index in [2.05, 4.69) is 11.8 Å². The lowest BCUT2D eigenvalue weighted by molar-refractivity contribution is 0.0132. The van der Waals surface area contributed by atoms with Crippen LogP contribution in [0.3, 0.4) is 0 Å². The van der Waals surface area contributed by atoms with Crippen LogP contribution >= 0.6 is 11.8 Å². The summed E-state index contributed by atoms with van der Waals surface area (Å²) in [6.45, 7) is 1.02. The molecule has 2 aliphatic heterocycles. The third-order valence-electron chi connectivity index (χ3n) is 2.84. The number of hydrogen-bond acceptors (Lipinski definition) is 2. The van der Waals surface area contributed by atoms with Gasteiger partial charge in [0.2, 0.25) is 0 Å². The molecule has 0 aromatic heterocycles. The molecule has 0 aromatic rings. The Hall–Kier alpha value is 0.310. The van der Waals surface area contributed by atoms with Gasteiger partial charge in [0.1, 0.15) is 0 Å². The highest BCUT2D eigenvalue weighted by atomic mass is 32.2. The summed E-state index contributed by atoms with van der Waals surface area (Å²) < 4.78 is 5.80. The van der Waals surface area contributed by atoms with Crippen LogP contribution in [0.25, 0.3) is 0 Å². The largest absolute Gasteiger partial charge is 0.377 e. The first-order valence-electron chi connectivity index (χ1n) is 5.20. The second-order valence-corrected chi connectivity index (χ2v) is 5.16. The monoisotopic (exact) mass is 186 g/mol. The molecule has 2 fully saturated rings. The molecule has 0 N–H and O–H groups in total. The lowest BCUT2D eigenvalue weighted by atomic mass is 10.0. The van der Waals surface area contributed by atoms with Crippen LogP contribution < -0.4 is 0 Å². The Bertz CT molecular complexity index is 110. The van der Waals surface area contributed by atoms with E-state index in [9.17, 15) is 0 Å². The van der Waals surface area contributed by atoms with Gasteiger partial charge in [0.05, 0.1) is 6.10 Å². The Morgan fingerprint density at radius 2 is 1.92 bits per heavy atom. The summed E-state index contributed by atoms with van der Waals surface area (Å²) in [6, 6.07) is 0. The zero-order valence-electron chi connectivity index (χ0n) is 7.63. The van der Waals surface area contributed by atoms with E-state index in [1.165, 1.54) is 44.3 Å². The summed E-state index contributed by atoms with van der Waals surface area (Å²) >= 11 is 2.14. The zero-order valence-corrected chi connectivity index (χ0v) is 8.44. The Morgan fingerprint density at radius 1 is 1.00 bits per heavy atom. The quantitative estimate of drug-likeness (QED) is 0.623. The first-order valence-corrected chi connectivity index (χ1v) is 6.25. The lowest BCUT2D eigenvalue weighted by Gasteiger charge is -2.32. The van der Waals surface area contributed by atoms with Crippen LogP contribution in [0.2, 0.25) is 0 Å². The SMILES string of the molecule is C1CCC(C2CCCCS2)OC1. The number of thioether (sulfide) groups is 1. The average Bonchev–Trinajstić information content (AvgIpc) is 2.21. The molecule has 0 radical (unpaired) electrons. The molecule has 2 rings (SSSR count). The Balaban J connectivity index is 1.80. The molecular weight excluding hydrogens is 168 g/mol. The van der Waals surface area contributed by atoms with Gasteiger partial charge in [0.15, 0.2) is 0 Å². The van der Waals surface area contributed by atoms with Crippen molar-refractivity contribution in [3.8, 4) is 0 Å². The molecule has 12 heavy (non-hydrogen) atoms. The minimum absolute atomic E-state index is 0.601. The van der Waals surface area contributed by atoms with Gasteiger partial charge in [-0.2, -0.15) is 11.8 Å². The van der Waals surface area contributed by atoms with Crippen molar-refractivity contribution in [2.45, 2.75) is 49.9 Å². The highest BCUT2D eigenvalue weighted by molar-refractivity contribution is 8.00. The van der Waals surface area contributed by atoms with Crippen molar-refractivity contribution < 1.29 is 4.74 Å². The Morgan fingerprint density at radius 3 is 2.58 bits per heavy atom. The molecule has 70 valence electrons. The van der Waals surface area contributed by atoms with E-state index in [1.807, 2.05) is 0 Å². The first-order chi connectivity index (χ1) is 5.97. The highest BCUT2D eigenvalue weighted by Crippen LogP contribution is 2.32. The molecule has 0 saturated carbocycles. The summed E-state index contributed by atoms with van der Waals surface area (Å²) in [7, 11) is 0. The average molecular weight is 186 g/mol. The molecule has 0 bridgehead atoms. The standard InChI is InChI=1S/C10H18OS/c1-3-7-11-9(5-1)10-6-2-4-8-12-10/h9-10H,1-8H2. The minimum atomic E-state index is 0.601. The van der Waals surface area contributed by atoms with Crippen LogP contribution in [0.15, 0.2) is 0 Å². The third-order valence-corrected chi connectivity index (χ3v) is 4.34. The summed E-state index contributed by atoms with van der Waals surface area (Å²) in [5.41, 5.74) is 0. The van der Waals surface area contributed by atoms with Gasteiger partial charge in [0, 0.05) is 11.9 Å². The van der Waals surface area contributed by atoms with Crippen molar-refractivity contribution >= 4 is 11.8 Å². The third kappa shape index (κ3) is 2.17. The predicted octanol–water partition coefficient (Wildman–Crippen LogP) is 2.84. The normalized spacial score (nSPS) is 38.0. The maximum atomic E-state index is 5.80. The maximum absolute atomic E-state index is 5.80.